The van der Waals surface area contributed by atoms with Crippen LogP contribution in [0.15, 0.2) is 59.4 Å². The molecule has 24 heavy (non-hydrogen) atoms. The molecule has 5 nitrogen and oxygen atoms in total. The van der Waals surface area contributed by atoms with Gasteiger partial charge in [-0.1, -0.05) is 36.4 Å². The van der Waals surface area contributed by atoms with Gasteiger partial charge in [-0.25, -0.2) is 0 Å². The van der Waals surface area contributed by atoms with E-state index in [1.165, 1.54) is 0 Å². The lowest BCUT2D eigenvalue weighted by Gasteiger charge is -2.11. The van der Waals surface area contributed by atoms with Crippen LogP contribution in [-0.4, -0.2) is 36.4 Å². The Morgan fingerprint density at radius 2 is 1.83 bits per heavy atom. The Morgan fingerprint density at radius 3 is 2.54 bits per heavy atom. The molecule has 1 aromatic heterocycles. The summed E-state index contributed by atoms with van der Waals surface area (Å²) in [5.41, 5.74) is 2.18. The van der Waals surface area contributed by atoms with E-state index in [0.29, 0.717) is 17.6 Å². The normalized spacial score (nSPS) is 11.0. The van der Waals surface area contributed by atoms with Gasteiger partial charge in [-0.15, -0.1) is 0 Å². The van der Waals surface area contributed by atoms with E-state index in [1.807, 2.05) is 62.6 Å². The van der Waals surface area contributed by atoms with Crippen LogP contribution in [0.1, 0.15) is 0 Å². The number of carbonyl (C=O) groups is 1. The number of nitrogens with zero attached hydrogens (tertiary/aromatic N) is 1. The third-order valence-electron chi connectivity index (χ3n) is 3.67. The van der Waals surface area contributed by atoms with Gasteiger partial charge >= 0.3 is 0 Å². The number of amides is 1. The smallest absolute Gasteiger partial charge is 0.256 e. The van der Waals surface area contributed by atoms with E-state index in [2.05, 4.69) is 10.3 Å². The van der Waals surface area contributed by atoms with E-state index >= 15 is 0 Å². The number of nitrogens with one attached hydrogen (secondary N) is 2. The van der Waals surface area contributed by atoms with Gasteiger partial charge in [-0.05, 0) is 43.2 Å². The third kappa shape index (κ3) is 3.52. The molecule has 0 atom stereocenters. The van der Waals surface area contributed by atoms with E-state index in [0.717, 1.165) is 16.6 Å². The predicted molar refractivity (Wildman–Crippen MR) is 97.2 cm³/mol. The number of carbonyl (C=O) groups excluding carboxylic acids is 1. The summed E-state index contributed by atoms with van der Waals surface area (Å²) in [6.45, 7) is 0.293. The number of fused-ring (bicyclic) bond motifs is 1. The predicted octanol–water partition coefficient (Wildman–Crippen LogP) is 2.70. The molecule has 0 aliphatic heterocycles. The largest absolute Gasteiger partial charge is 0.325 e. The molecule has 122 valence electrons. The molecule has 0 spiro atoms. The molecule has 0 saturated carbocycles. The monoisotopic (exact) mass is 321 g/mol. The maximum absolute atomic E-state index is 12.4. The number of likely N-dealkylation sites (N-methyl/N-ethyl adjacent to an activating group) is 1. The molecule has 5 heteroatoms. The fourth-order valence-electron chi connectivity index (χ4n) is 2.60. The second kappa shape index (κ2) is 6.68. The second-order valence-electron chi connectivity index (χ2n) is 5.97. The van der Waals surface area contributed by atoms with Crippen LogP contribution < -0.4 is 10.9 Å². The topological polar surface area (TPSA) is 65.2 Å². The van der Waals surface area contributed by atoms with Crippen LogP contribution >= 0.6 is 0 Å². The van der Waals surface area contributed by atoms with E-state index in [9.17, 15) is 9.59 Å². The molecular formula is C19H19N3O2. The Hall–Kier alpha value is -2.92. The number of aromatic amines is 1. The first-order chi connectivity index (χ1) is 11.5. The lowest BCUT2D eigenvalue weighted by atomic mass is 10.1. The van der Waals surface area contributed by atoms with Crippen LogP contribution in [0, 0.1) is 0 Å². The average Bonchev–Trinajstić information content (AvgIpc) is 2.55. The zero-order chi connectivity index (χ0) is 17.1. The number of rotatable bonds is 4. The van der Waals surface area contributed by atoms with Gasteiger partial charge in [0.25, 0.3) is 5.56 Å². The Bertz CT molecular complexity index is 930. The zero-order valence-corrected chi connectivity index (χ0v) is 13.7. The summed E-state index contributed by atoms with van der Waals surface area (Å²) in [5.74, 6) is -0.114. The Kier molecular flexibility index (Phi) is 4.44. The first-order valence-corrected chi connectivity index (χ1v) is 7.70. The van der Waals surface area contributed by atoms with Crippen LogP contribution in [0.25, 0.3) is 22.0 Å². The van der Waals surface area contributed by atoms with Crippen molar-refractivity contribution in [2.45, 2.75) is 0 Å². The second-order valence-corrected chi connectivity index (χ2v) is 5.97. The summed E-state index contributed by atoms with van der Waals surface area (Å²) < 4.78 is 0. The Labute approximate surface area is 139 Å². The third-order valence-corrected chi connectivity index (χ3v) is 3.67. The maximum Gasteiger partial charge on any atom is 0.256 e. The fourth-order valence-corrected chi connectivity index (χ4v) is 2.60. The molecule has 1 amide bonds. The summed E-state index contributed by atoms with van der Waals surface area (Å²) in [6.07, 6.45) is 0. The molecule has 0 unspecified atom stereocenters. The molecular weight excluding hydrogens is 302 g/mol. The molecule has 2 N–H and O–H groups in total. The highest BCUT2D eigenvalue weighted by molar-refractivity contribution is 5.95. The maximum atomic E-state index is 12.4. The summed E-state index contributed by atoms with van der Waals surface area (Å²) in [4.78, 5) is 28.9. The highest BCUT2D eigenvalue weighted by atomic mass is 16.2. The number of hydrogen-bond acceptors (Lipinski definition) is 3. The van der Waals surface area contributed by atoms with Gasteiger partial charge in [0, 0.05) is 16.8 Å². The summed E-state index contributed by atoms with van der Waals surface area (Å²) in [5, 5.41) is 4.19. The summed E-state index contributed by atoms with van der Waals surface area (Å²) in [6, 6.07) is 17.0. The molecule has 0 fully saturated rings. The Morgan fingerprint density at radius 1 is 1.08 bits per heavy atom. The lowest BCUT2D eigenvalue weighted by molar-refractivity contribution is -0.116. The summed E-state index contributed by atoms with van der Waals surface area (Å²) >= 11 is 0. The van der Waals surface area contributed by atoms with E-state index in [4.69, 9.17) is 0 Å². The number of anilines is 1. The van der Waals surface area contributed by atoms with Crippen molar-refractivity contribution in [3.05, 3.63) is 65.0 Å². The quantitative estimate of drug-likeness (QED) is 0.776. The van der Waals surface area contributed by atoms with Crippen molar-refractivity contribution in [1.29, 1.82) is 0 Å². The lowest BCUT2D eigenvalue weighted by Crippen LogP contribution is -2.27. The van der Waals surface area contributed by atoms with Gasteiger partial charge in [0.1, 0.15) is 0 Å². The van der Waals surface area contributed by atoms with Crippen LogP contribution in [0.5, 0.6) is 0 Å². The molecule has 1 heterocycles. The van der Waals surface area contributed by atoms with Crippen molar-refractivity contribution in [3.63, 3.8) is 0 Å². The molecule has 0 aliphatic carbocycles. The molecule has 2 aromatic carbocycles. The molecule has 0 bridgehead atoms. The first-order valence-electron chi connectivity index (χ1n) is 7.70. The van der Waals surface area contributed by atoms with Crippen molar-refractivity contribution >= 4 is 22.4 Å². The van der Waals surface area contributed by atoms with Gasteiger partial charge in [-0.3, -0.25) is 9.59 Å². The van der Waals surface area contributed by atoms with Gasteiger partial charge < -0.3 is 15.2 Å². The number of H-pyrrole nitrogens is 1. The Balaban J connectivity index is 1.95. The van der Waals surface area contributed by atoms with Crippen molar-refractivity contribution in [3.8, 4) is 11.3 Å². The van der Waals surface area contributed by atoms with E-state index < -0.39 is 0 Å². The van der Waals surface area contributed by atoms with Crippen molar-refractivity contribution in [1.82, 2.24) is 9.88 Å². The average molecular weight is 321 g/mol. The molecule has 3 rings (SSSR count). The minimum Gasteiger partial charge on any atom is -0.325 e. The molecule has 0 aliphatic rings. The van der Waals surface area contributed by atoms with Gasteiger partial charge in [0.05, 0.1) is 6.54 Å². The van der Waals surface area contributed by atoms with E-state index in [1.54, 1.807) is 11.0 Å². The number of hydrogen-bond donors (Lipinski definition) is 2. The van der Waals surface area contributed by atoms with Crippen LogP contribution in [-0.2, 0) is 4.79 Å². The molecule has 0 radical (unpaired) electrons. The molecule has 0 saturated heterocycles. The molecule has 3 aromatic rings. The zero-order valence-electron chi connectivity index (χ0n) is 13.7. The van der Waals surface area contributed by atoms with Crippen LogP contribution in [0.4, 0.5) is 5.69 Å². The van der Waals surface area contributed by atoms with Gasteiger partial charge in [-0.2, -0.15) is 0 Å². The highest BCUT2D eigenvalue weighted by Gasteiger charge is 2.07. The van der Waals surface area contributed by atoms with Crippen molar-refractivity contribution < 1.29 is 4.79 Å². The van der Waals surface area contributed by atoms with Crippen LogP contribution in [0.3, 0.4) is 0 Å². The van der Waals surface area contributed by atoms with Crippen LogP contribution in [0.2, 0.25) is 0 Å². The highest BCUT2D eigenvalue weighted by Crippen LogP contribution is 2.21. The number of aromatic nitrogens is 1. The minimum absolute atomic E-state index is 0.114. The van der Waals surface area contributed by atoms with Crippen molar-refractivity contribution in [2.24, 2.45) is 0 Å². The minimum atomic E-state index is -0.171. The van der Waals surface area contributed by atoms with E-state index in [-0.39, 0.29) is 11.5 Å². The van der Waals surface area contributed by atoms with Gasteiger partial charge in [0.15, 0.2) is 0 Å². The SMILES string of the molecule is CN(C)CC(=O)Nc1ccc2cc(-c3ccccc3)[nH]c(=O)c2c1. The van der Waals surface area contributed by atoms with Crippen molar-refractivity contribution in [2.75, 3.05) is 26.0 Å². The number of pyridine rings is 1. The number of benzene rings is 2. The summed E-state index contributed by atoms with van der Waals surface area (Å²) in [7, 11) is 3.66. The first kappa shape index (κ1) is 16.0. The fraction of sp³-hybridized carbons (Fsp3) is 0.158. The van der Waals surface area contributed by atoms with Gasteiger partial charge in [0.2, 0.25) is 5.91 Å². The standard InChI is InChI=1S/C19H19N3O2/c1-22(2)12-18(23)20-15-9-8-14-10-17(13-6-4-3-5-7-13)21-19(24)16(14)11-15/h3-11H,12H2,1-2H3,(H,20,23)(H,21,24).